The van der Waals surface area contributed by atoms with Crippen molar-refractivity contribution in [3.8, 4) is 0 Å². The van der Waals surface area contributed by atoms with E-state index in [1.807, 2.05) is 48.7 Å². The van der Waals surface area contributed by atoms with Gasteiger partial charge in [-0.25, -0.2) is 0 Å². The minimum atomic E-state index is -0.0244. The molecule has 1 heterocycles. The highest BCUT2D eigenvalue weighted by Crippen LogP contribution is 2.25. The SMILES string of the molecule is CCC(=O)NC(c1ccccc1)c1cccs1. The van der Waals surface area contributed by atoms with Crippen molar-refractivity contribution in [2.45, 2.75) is 19.4 Å². The molecule has 3 heteroatoms. The van der Waals surface area contributed by atoms with E-state index in [1.165, 1.54) is 0 Å². The van der Waals surface area contributed by atoms with Crippen LogP contribution >= 0.6 is 11.3 Å². The van der Waals surface area contributed by atoms with E-state index >= 15 is 0 Å². The lowest BCUT2D eigenvalue weighted by Gasteiger charge is -2.17. The van der Waals surface area contributed by atoms with E-state index in [4.69, 9.17) is 0 Å². The zero-order chi connectivity index (χ0) is 12.1. The molecular weight excluding hydrogens is 230 g/mol. The molecule has 2 aromatic rings. The molecule has 0 aliphatic rings. The molecule has 2 rings (SSSR count). The fourth-order valence-corrected chi connectivity index (χ4v) is 2.49. The molecule has 1 unspecified atom stereocenters. The molecule has 1 aromatic carbocycles. The second-order valence-electron chi connectivity index (χ2n) is 3.78. The van der Waals surface area contributed by atoms with Gasteiger partial charge >= 0.3 is 0 Å². The fraction of sp³-hybridized carbons (Fsp3) is 0.214. The lowest BCUT2D eigenvalue weighted by Crippen LogP contribution is -2.27. The summed E-state index contributed by atoms with van der Waals surface area (Å²) in [7, 11) is 0. The molecule has 88 valence electrons. The van der Waals surface area contributed by atoms with Crippen molar-refractivity contribution < 1.29 is 4.79 Å². The number of benzene rings is 1. The Labute approximate surface area is 105 Å². The summed E-state index contributed by atoms with van der Waals surface area (Å²) in [6, 6.07) is 14.1. The zero-order valence-electron chi connectivity index (χ0n) is 9.72. The van der Waals surface area contributed by atoms with E-state index in [2.05, 4.69) is 11.4 Å². The Bertz CT molecular complexity index is 464. The molecule has 2 nitrogen and oxygen atoms in total. The van der Waals surface area contributed by atoms with Crippen LogP contribution < -0.4 is 5.32 Å². The van der Waals surface area contributed by atoms with Gasteiger partial charge in [-0.05, 0) is 17.0 Å². The van der Waals surface area contributed by atoms with Gasteiger partial charge < -0.3 is 5.32 Å². The largest absolute Gasteiger partial charge is 0.344 e. The molecule has 0 saturated heterocycles. The summed E-state index contributed by atoms with van der Waals surface area (Å²) in [6.07, 6.45) is 0.509. The van der Waals surface area contributed by atoms with Crippen LogP contribution in [-0.2, 0) is 4.79 Å². The van der Waals surface area contributed by atoms with E-state index in [1.54, 1.807) is 11.3 Å². The molecule has 1 N–H and O–H groups in total. The summed E-state index contributed by atoms with van der Waals surface area (Å²) >= 11 is 1.66. The minimum Gasteiger partial charge on any atom is -0.344 e. The number of rotatable bonds is 4. The van der Waals surface area contributed by atoms with Gasteiger partial charge in [0.15, 0.2) is 0 Å². The van der Waals surface area contributed by atoms with Crippen LogP contribution in [0.4, 0.5) is 0 Å². The van der Waals surface area contributed by atoms with Gasteiger partial charge in [-0.1, -0.05) is 43.3 Å². The smallest absolute Gasteiger partial charge is 0.220 e. The van der Waals surface area contributed by atoms with Crippen molar-refractivity contribution in [1.82, 2.24) is 5.32 Å². The van der Waals surface area contributed by atoms with Gasteiger partial charge in [0, 0.05) is 11.3 Å². The third-order valence-electron chi connectivity index (χ3n) is 2.59. The third kappa shape index (κ3) is 2.94. The maximum absolute atomic E-state index is 11.6. The number of carbonyl (C=O) groups is 1. The lowest BCUT2D eigenvalue weighted by atomic mass is 10.1. The number of nitrogens with one attached hydrogen (secondary N) is 1. The molecule has 0 aliphatic carbocycles. The van der Waals surface area contributed by atoms with Crippen molar-refractivity contribution in [3.05, 3.63) is 58.3 Å². The first-order chi connectivity index (χ1) is 8.31. The van der Waals surface area contributed by atoms with Crippen molar-refractivity contribution in [1.29, 1.82) is 0 Å². The quantitative estimate of drug-likeness (QED) is 0.879. The predicted molar refractivity (Wildman–Crippen MR) is 71.0 cm³/mol. The van der Waals surface area contributed by atoms with Crippen LogP contribution in [0.5, 0.6) is 0 Å². The second-order valence-corrected chi connectivity index (χ2v) is 4.76. The van der Waals surface area contributed by atoms with Gasteiger partial charge in [-0.15, -0.1) is 11.3 Å². The van der Waals surface area contributed by atoms with Gasteiger partial charge in [0.05, 0.1) is 6.04 Å². The van der Waals surface area contributed by atoms with Crippen LogP contribution in [0.3, 0.4) is 0 Å². The van der Waals surface area contributed by atoms with E-state index < -0.39 is 0 Å². The number of hydrogen-bond acceptors (Lipinski definition) is 2. The summed E-state index contributed by atoms with van der Waals surface area (Å²) < 4.78 is 0. The zero-order valence-corrected chi connectivity index (χ0v) is 10.5. The average molecular weight is 245 g/mol. The van der Waals surface area contributed by atoms with Gasteiger partial charge in [0.1, 0.15) is 0 Å². The molecule has 1 aromatic heterocycles. The Kier molecular flexibility index (Phi) is 3.94. The molecule has 0 spiro atoms. The molecular formula is C14H15NOS. The van der Waals surface area contributed by atoms with Crippen LogP contribution in [0.15, 0.2) is 47.8 Å². The van der Waals surface area contributed by atoms with Crippen LogP contribution in [0.1, 0.15) is 29.8 Å². The van der Waals surface area contributed by atoms with E-state index in [-0.39, 0.29) is 11.9 Å². The van der Waals surface area contributed by atoms with E-state index in [9.17, 15) is 4.79 Å². The lowest BCUT2D eigenvalue weighted by molar-refractivity contribution is -0.121. The van der Waals surface area contributed by atoms with Crippen molar-refractivity contribution in [2.75, 3.05) is 0 Å². The van der Waals surface area contributed by atoms with Gasteiger partial charge in [0.25, 0.3) is 0 Å². The summed E-state index contributed by atoms with van der Waals surface area (Å²) in [6.45, 7) is 1.87. The van der Waals surface area contributed by atoms with Crippen molar-refractivity contribution in [3.63, 3.8) is 0 Å². The number of hydrogen-bond donors (Lipinski definition) is 1. The first-order valence-corrected chi connectivity index (χ1v) is 6.57. The van der Waals surface area contributed by atoms with Crippen LogP contribution in [0.25, 0.3) is 0 Å². The average Bonchev–Trinajstić information content (AvgIpc) is 2.90. The maximum Gasteiger partial charge on any atom is 0.220 e. The molecule has 0 fully saturated rings. The number of carbonyl (C=O) groups excluding carboxylic acids is 1. The highest BCUT2D eigenvalue weighted by Gasteiger charge is 2.16. The Hall–Kier alpha value is -1.61. The Morgan fingerprint density at radius 3 is 2.59 bits per heavy atom. The predicted octanol–water partition coefficient (Wildman–Crippen LogP) is 3.36. The first-order valence-electron chi connectivity index (χ1n) is 5.69. The second kappa shape index (κ2) is 5.64. The topological polar surface area (TPSA) is 29.1 Å². The third-order valence-corrected chi connectivity index (χ3v) is 3.52. The van der Waals surface area contributed by atoms with E-state index in [0.29, 0.717) is 6.42 Å². The van der Waals surface area contributed by atoms with Crippen LogP contribution in [0.2, 0.25) is 0 Å². The van der Waals surface area contributed by atoms with Gasteiger partial charge in [-0.2, -0.15) is 0 Å². The monoisotopic (exact) mass is 245 g/mol. The summed E-state index contributed by atoms with van der Waals surface area (Å²) in [5.74, 6) is 0.0762. The summed E-state index contributed by atoms with van der Waals surface area (Å²) in [5, 5.41) is 5.09. The number of thiophene rings is 1. The van der Waals surface area contributed by atoms with Gasteiger partial charge in [0.2, 0.25) is 5.91 Å². The van der Waals surface area contributed by atoms with Gasteiger partial charge in [-0.3, -0.25) is 4.79 Å². The highest BCUT2D eigenvalue weighted by molar-refractivity contribution is 7.10. The molecule has 0 aliphatic heterocycles. The molecule has 0 bridgehead atoms. The number of amides is 1. The summed E-state index contributed by atoms with van der Waals surface area (Å²) in [5.41, 5.74) is 1.12. The maximum atomic E-state index is 11.6. The fourth-order valence-electron chi connectivity index (χ4n) is 1.68. The van der Waals surface area contributed by atoms with E-state index in [0.717, 1.165) is 10.4 Å². The van der Waals surface area contributed by atoms with Crippen molar-refractivity contribution in [2.24, 2.45) is 0 Å². The first kappa shape index (κ1) is 11.9. The molecule has 0 saturated carbocycles. The Morgan fingerprint density at radius 2 is 2.00 bits per heavy atom. The standard InChI is InChI=1S/C14H15NOS/c1-2-13(16)15-14(12-9-6-10-17-12)11-7-4-3-5-8-11/h3-10,14H,2H2,1H3,(H,15,16). The molecule has 0 radical (unpaired) electrons. The normalized spacial score (nSPS) is 12.1. The minimum absolute atomic E-state index is 0.0244. The molecule has 1 amide bonds. The van der Waals surface area contributed by atoms with Crippen molar-refractivity contribution >= 4 is 17.2 Å². The Balaban J connectivity index is 2.28. The highest BCUT2D eigenvalue weighted by atomic mass is 32.1. The summed E-state index contributed by atoms with van der Waals surface area (Å²) in [4.78, 5) is 12.7. The van der Waals surface area contributed by atoms with Crippen LogP contribution in [0, 0.1) is 0 Å². The molecule has 1 atom stereocenters. The molecule has 17 heavy (non-hydrogen) atoms. The van der Waals surface area contributed by atoms with Crippen LogP contribution in [-0.4, -0.2) is 5.91 Å². The Morgan fingerprint density at radius 1 is 1.24 bits per heavy atom.